The first-order valence-electron chi connectivity index (χ1n) is 11.2. The van der Waals surface area contributed by atoms with Crippen LogP contribution in [0.15, 0.2) is 35.6 Å². The van der Waals surface area contributed by atoms with E-state index in [0.29, 0.717) is 5.75 Å². The van der Waals surface area contributed by atoms with Gasteiger partial charge in [0.1, 0.15) is 5.82 Å². The van der Waals surface area contributed by atoms with E-state index in [-0.39, 0.29) is 5.82 Å². The third-order valence-electron chi connectivity index (χ3n) is 5.62. The monoisotopic (exact) mass is 430 g/mol. The van der Waals surface area contributed by atoms with Gasteiger partial charge in [0.2, 0.25) is 0 Å². The lowest BCUT2D eigenvalue weighted by molar-refractivity contribution is 0.172. The molecular weight excluding hydrogens is 395 g/mol. The zero-order chi connectivity index (χ0) is 22.1. The van der Waals surface area contributed by atoms with Crippen molar-refractivity contribution in [2.75, 3.05) is 46.4 Å². The van der Waals surface area contributed by atoms with E-state index in [0.717, 1.165) is 82.5 Å². The Morgan fingerprint density at radius 3 is 2.68 bits per heavy atom. The van der Waals surface area contributed by atoms with Crippen LogP contribution < -0.4 is 10.1 Å². The summed E-state index contributed by atoms with van der Waals surface area (Å²) in [6.07, 6.45) is 6.02. The molecule has 0 amide bonds. The van der Waals surface area contributed by atoms with Crippen molar-refractivity contribution in [1.82, 2.24) is 24.7 Å². The average Bonchev–Trinajstić information content (AvgIpc) is 3.18. The van der Waals surface area contributed by atoms with Crippen LogP contribution in [-0.4, -0.2) is 71.7 Å². The summed E-state index contributed by atoms with van der Waals surface area (Å²) in [5.41, 5.74) is 0.973. The zero-order valence-electron chi connectivity index (χ0n) is 19.0. The van der Waals surface area contributed by atoms with E-state index in [4.69, 9.17) is 9.73 Å². The molecule has 1 N–H and O–H groups in total. The number of nitrogens with zero attached hydrogens (tertiary/aromatic N) is 5. The fourth-order valence-electron chi connectivity index (χ4n) is 3.83. The minimum absolute atomic E-state index is 0.292. The summed E-state index contributed by atoms with van der Waals surface area (Å²) in [6.45, 7) is 11.2. The highest BCUT2D eigenvalue weighted by Crippen LogP contribution is 2.19. The lowest BCUT2D eigenvalue weighted by atomic mass is 10.2. The molecule has 0 atom stereocenters. The molecule has 170 valence electrons. The molecule has 8 heteroatoms. The Balaban J connectivity index is 1.44. The minimum atomic E-state index is -0.302. The standard InChI is InChI=1S/C23H35FN6O/c1-4-25-23(27-9-5-6-11-29-12-10-26-19(29)2)30-15-13-28(14-16-30)18-20-7-8-22(31-3)21(24)17-20/h7-8,10,12,17H,4-6,9,11,13-16,18H2,1-3H3,(H,25,27). The number of aryl methyl sites for hydroxylation is 2. The molecule has 2 aromatic rings. The first-order chi connectivity index (χ1) is 15.1. The maximum absolute atomic E-state index is 13.9. The summed E-state index contributed by atoms with van der Waals surface area (Å²) in [6, 6.07) is 5.21. The van der Waals surface area contributed by atoms with Crippen LogP contribution in [0.3, 0.4) is 0 Å². The van der Waals surface area contributed by atoms with E-state index in [1.807, 2.05) is 25.4 Å². The minimum Gasteiger partial charge on any atom is -0.494 e. The Morgan fingerprint density at radius 1 is 1.23 bits per heavy atom. The third-order valence-corrected chi connectivity index (χ3v) is 5.62. The first kappa shape index (κ1) is 23.1. The molecule has 1 aliphatic heterocycles. The van der Waals surface area contributed by atoms with E-state index >= 15 is 0 Å². The highest BCUT2D eigenvalue weighted by atomic mass is 19.1. The molecule has 1 saturated heterocycles. The highest BCUT2D eigenvalue weighted by Gasteiger charge is 2.20. The van der Waals surface area contributed by atoms with Crippen LogP contribution in [0.25, 0.3) is 0 Å². The van der Waals surface area contributed by atoms with Crippen LogP contribution in [0.1, 0.15) is 31.2 Å². The average molecular weight is 431 g/mol. The zero-order valence-corrected chi connectivity index (χ0v) is 19.0. The Labute approximate surface area is 184 Å². The van der Waals surface area contributed by atoms with Gasteiger partial charge in [0, 0.05) is 64.8 Å². The molecule has 0 spiro atoms. The van der Waals surface area contributed by atoms with Gasteiger partial charge in [-0.25, -0.2) is 9.37 Å². The Morgan fingerprint density at radius 2 is 2.03 bits per heavy atom. The molecule has 1 aliphatic rings. The van der Waals surface area contributed by atoms with E-state index in [2.05, 4.69) is 31.6 Å². The quantitative estimate of drug-likeness (QED) is 0.377. The van der Waals surface area contributed by atoms with Crippen LogP contribution in [-0.2, 0) is 13.1 Å². The molecule has 0 bridgehead atoms. The number of benzene rings is 1. The van der Waals surface area contributed by atoms with Gasteiger partial charge in [0.05, 0.1) is 7.11 Å². The molecule has 0 unspecified atom stereocenters. The Bertz CT molecular complexity index is 844. The van der Waals surface area contributed by atoms with Crippen LogP contribution in [0.2, 0.25) is 0 Å². The van der Waals surface area contributed by atoms with Crippen molar-refractivity contribution >= 4 is 5.96 Å². The number of guanidine groups is 1. The highest BCUT2D eigenvalue weighted by molar-refractivity contribution is 5.80. The smallest absolute Gasteiger partial charge is 0.194 e. The number of hydrogen-bond acceptors (Lipinski definition) is 4. The molecule has 7 nitrogen and oxygen atoms in total. The normalized spacial score (nSPS) is 15.4. The van der Waals surface area contributed by atoms with Gasteiger partial charge < -0.3 is 19.5 Å². The van der Waals surface area contributed by atoms with Crippen molar-refractivity contribution in [1.29, 1.82) is 0 Å². The Kier molecular flexibility index (Phi) is 8.70. The molecule has 0 saturated carbocycles. The molecule has 3 rings (SSSR count). The van der Waals surface area contributed by atoms with E-state index < -0.39 is 0 Å². The number of piperazine rings is 1. The molecule has 0 radical (unpaired) electrons. The van der Waals surface area contributed by atoms with Gasteiger partial charge in [-0.15, -0.1) is 0 Å². The van der Waals surface area contributed by atoms with Gasteiger partial charge in [-0.1, -0.05) is 6.07 Å². The van der Waals surface area contributed by atoms with E-state index in [1.165, 1.54) is 7.11 Å². The van der Waals surface area contributed by atoms with Crippen LogP contribution in [0.5, 0.6) is 5.75 Å². The topological polar surface area (TPSA) is 57.9 Å². The van der Waals surface area contributed by atoms with Crippen molar-refractivity contribution in [3.05, 3.63) is 47.8 Å². The summed E-state index contributed by atoms with van der Waals surface area (Å²) in [4.78, 5) is 13.8. The maximum Gasteiger partial charge on any atom is 0.194 e. The number of nitrogens with one attached hydrogen (secondary N) is 1. The van der Waals surface area contributed by atoms with Gasteiger partial charge in [-0.05, 0) is 44.4 Å². The largest absolute Gasteiger partial charge is 0.494 e. The van der Waals surface area contributed by atoms with Gasteiger partial charge in [0.15, 0.2) is 17.5 Å². The second kappa shape index (κ2) is 11.7. The molecule has 2 heterocycles. The molecular formula is C23H35FN6O. The maximum atomic E-state index is 13.9. The van der Waals surface area contributed by atoms with Crippen LogP contribution in [0.4, 0.5) is 4.39 Å². The number of imidazole rings is 1. The number of rotatable bonds is 9. The summed E-state index contributed by atoms with van der Waals surface area (Å²) < 4.78 is 21.1. The number of halogens is 1. The molecule has 31 heavy (non-hydrogen) atoms. The number of aromatic nitrogens is 2. The lowest BCUT2D eigenvalue weighted by Gasteiger charge is -2.36. The van der Waals surface area contributed by atoms with Gasteiger partial charge in [-0.3, -0.25) is 9.89 Å². The summed E-state index contributed by atoms with van der Waals surface area (Å²) in [5, 5.41) is 3.43. The number of methoxy groups -OCH3 is 1. The second-order valence-corrected chi connectivity index (χ2v) is 7.84. The first-order valence-corrected chi connectivity index (χ1v) is 11.2. The number of ether oxygens (including phenoxy) is 1. The molecule has 1 aromatic carbocycles. The van der Waals surface area contributed by atoms with Crippen LogP contribution >= 0.6 is 0 Å². The Hall–Kier alpha value is -2.61. The molecule has 1 aromatic heterocycles. The SMILES string of the molecule is CCNC(=NCCCCn1ccnc1C)N1CCN(Cc2ccc(OC)c(F)c2)CC1. The van der Waals surface area contributed by atoms with Gasteiger partial charge in [0.25, 0.3) is 0 Å². The lowest BCUT2D eigenvalue weighted by Crippen LogP contribution is -2.52. The summed E-state index contributed by atoms with van der Waals surface area (Å²) >= 11 is 0. The molecule has 1 fully saturated rings. The van der Waals surface area contributed by atoms with Crippen molar-refractivity contribution in [3.8, 4) is 5.75 Å². The summed E-state index contributed by atoms with van der Waals surface area (Å²) in [5.74, 6) is 2.05. The summed E-state index contributed by atoms with van der Waals surface area (Å²) in [7, 11) is 1.49. The number of aliphatic imine (C=N–C) groups is 1. The van der Waals surface area contributed by atoms with Crippen molar-refractivity contribution in [2.45, 2.75) is 39.8 Å². The third kappa shape index (κ3) is 6.69. The van der Waals surface area contributed by atoms with Crippen molar-refractivity contribution in [3.63, 3.8) is 0 Å². The fourth-order valence-corrected chi connectivity index (χ4v) is 3.83. The number of unbranched alkanes of at least 4 members (excludes halogenated alkanes) is 1. The predicted octanol–water partition coefficient (Wildman–Crippen LogP) is 2.90. The van der Waals surface area contributed by atoms with E-state index in [9.17, 15) is 4.39 Å². The van der Waals surface area contributed by atoms with Crippen LogP contribution in [0, 0.1) is 12.7 Å². The van der Waals surface area contributed by atoms with Gasteiger partial charge >= 0.3 is 0 Å². The predicted molar refractivity (Wildman–Crippen MR) is 122 cm³/mol. The van der Waals surface area contributed by atoms with Crippen molar-refractivity contribution in [2.24, 2.45) is 4.99 Å². The van der Waals surface area contributed by atoms with Gasteiger partial charge in [-0.2, -0.15) is 0 Å². The number of hydrogen-bond donors (Lipinski definition) is 1. The fraction of sp³-hybridized carbons (Fsp3) is 0.565. The second-order valence-electron chi connectivity index (χ2n) is 7.84. The van der Waals surface area contributed by atoms with E-state index in [1.54, 1.807) is 12.1 Å². The van der Waals surface area contributed by atoms with Crippen molar-refractivity contribution < 1.29 is 9.13 Å². The molecule has 0 aliphatic carbocycles.